The molecule has 7 rings (SSSR count). The molecular weight excluding hydrogens is 496 g/mol. The largest absolute Gasteiger partial charge is 0.268 e. The molecule has 0 atom stereocenters. The van der Waals surface area contributed by atoms with E-state index in [9.17, 15) is 9.59 Å². The second-order valence-corrected chi connectivity index (χ2v) is 9.43. The maximum atomic E-state index is 13.8. The van der Waals surface area contributed by atoms with E-state index in [1.54, 1.807) is 21.3 Å². The molecule has 0 aliphatic carbocycles. The van der Waals surface area contributed by atoms with Crippen molar-refractivity contribution in [3.8, 4) is 34.2 Å². The summed E-state index contributed by atoms with van der Waals surface area (Å²) in [5.41, 5.74) is 3.91. The van der Waals surface area contributed by atoms with Gasteiger partial charge in [-0.15, -0.1) is 0 Å². The van der Waals surface area contributed by atoms with Crippen LogP contribution >= 0.6 is 0 Å². The molecule has 0 aliphatic heterocycles. The molecule has 7 aromatic rings. The van der Waals surface area contributed by atoms with Crippen LogP contribution in [0.5, 0.6) is 0 Å². The zero-order valence-corrected chi connectivity index (χ0v) is 21.3. The van der Waals surface area contributed by atoms with Gasteiger partial charge in [-0.3, -0.25) is 18.7 Å². The van der Waals surface area contributed by atoms with Gasteiger partial charge in [-0.1, -0.05) is 84.9 Å². The third kappa shape index (κ3) is 3.90. The summed E-state index contributed by atoms with van der Waals surface area (Å²) in [6, 6.07) is 41.4. The molecule has 0 saturated carbocycles. The highest BCUT2D eigenvalue weighted by Gasteiger charge is 2.17. The zero-order chi connectivity index (χ0) is 27.1. The molecule has 0 unspecified atom stereocenters. The fraction of sp³-hybridized carbons (Fsp3) is 0. The molecule has 0 saturated heterocycles. The number of fused-ring (bicyclic) bond motifs is 2. The fourth-order valence-corrected chi connectivity index (χ4v) is 5.06. The molecule has 0 N–H and O–H groups in total. The van der Waals surface area contributed by atoms with Gasteiger partial charge in [0.15, 0.2) is 0 Å². The van der Waals surface area contributed by atoms with Crippen LogP contribution in [-0.2, 0) is 0 Å². The average molecular weight is 519 g/mol. The second-order valence-electron chi connectivity index (χ2n) is 9.43. The Bertz CT molecular complexity index is 1980. The van der Waals surface area contributed by atoms with Gasteiger partial charge >= 0.3 is 0 Å². The van der Waals surface area contributed by atoms with E-state index < -0.39 is 0 Å². The number of rotatable bonds is 4. The first-order valence-electron chi connectivity index (χ1n) is 12.9. The molecule has 0 bridgehead atoms. The number of benzene rings is 5. The number of para-hydroxylation sites is 2. The molecule has 190 valence electrons. The summed E-state index contributed by atoms with van der Waals surface area (Å²) >= 11 is 0. The number of hydrogen-bond donors (Lipinski definition) is 0. The van der Waals surface area contributed by atoms with Crippen molar-refractivity contribution >= 4 is 21.8 Å². The second kappa shape index (κ2) is 9.60. The molecule has 6 heteroatoms. The first kappa shape index (κ1) is 23.5. The molecule has 0 radical (unpaired) electrons. The van der Waals surface area contributed by atoms with Crippen LogP contribution in [0.1, 0.15) is 0 Å². The smallest absolute Gasteiger partial charge is 0.266 e. The summed E-state index contributed by atoms with van der Waals surface area (Å²) in [4.78, 5) is 37.3. The van der Waals surface area contributed by atoms with Gasteiger partial charge in [-0.25, -0.2) is 9.97 Å². The van der Waals surface area contributed by atoms with Gasteiger partial charge in [0, 0.05) is 11.1 Å². The van der Waals surface area contributed by atoms with Crippen molar-refractivity contribution in [1.82, 2.24) is 19.1 Å². The first-order valence-corrected chi connectivity index (χ1v) is 12.9. The van der Waals surface area contributed by atoms with Gasteiger partial charge in [-0.05, 0) is 48.5 Å². The van der Waals surface area contributed by atoms with Crippen molar-refractivity contribution in [1.29, 1.82) is 0 Å². The van der Waals surface area contributed by atoms with Crippen molar-refractivity contribution in [3.63, 3.8) is 0 Å². The highest BCUT2D eigenvalue weighted by atomic mass is 16.1. The molecule has 6 nitrogen and oxygen atoms in total. The molecule has 0 spiro atoms. The normalized spacial score (nSPS) is 11.2. The van der Waals surface area contributed by atoms with Crippen molar-refractivity contribution in [2.24, 2.45) is 0 Å². The first-order chi connectivity index (χ1) is 19.7. The summed E-state index contributed by atoms with van der Waals surface area (Å²) in [5.74, 6) is 1.10. The highest BCUT2D eigenvalue weighted by molar-refractivity contribution is 5.82. The fourth-order valence-electron chi connectivity index (χ4n) is 5.06. The minimum absolute atomic E-state index is 0.160. The van der Waals surface area contributed by atoms with Crippen LogP contribution in [-0.4, -0.2) is 19.1 Å². The monoisotopic (exact) mass is 518 g/mol. The van der Waals surface area contributed by atoms with E-state index in [2.05, 4.69) is 0 Å². The third-order valence-electron chi connectivity index (χ3n) is 6.98. The van der Waals surface area contributed by atoms with Crippen LogP contribution in [0.3, 0.4) is 0 Å². The summed E-state index contributed by atoms with van der Waals surface area (Å²) < 4.78 is 3.25. The van der Waals surface area contributed by atoms with Gasteiger partial charge in [0.2, 0.25) is 0 Å². The summed E-state index contributed by atoms with van der Waals surface area (Å²) in [7, 11) is 0. The Morgan fingerprint density at radius 3 is 1.15 bits per heavy atom. The number of hydrogen-bond acceptors (Lipinski definition) is 4. The Labute approximate surface area is 229 Å². The van der Waals surface area contributed by atoms with E-state index >= 15 is 0 Å². The van der Waals surface area contributed by atoms with Crippen LogP contribution in [0.2, 0.25) is 0 Å². The topological polar surface area (TPSA) is 69.8 Å². The molecule has 2 heterocycles. The Balaban J connectivity index is 1.45. The SMILES string of the molecule is O=c1c2ccccc2nc(-c2ccccc2)n1-c1ccc(-n2c(-c3ccccc3)nc3ccccc3c2=O)cc1. The van der Waals surface area contributed by atoms with Crippen LogP contribution in [0, 0.1) is 0 Å². The summed E-state index contributed by atoms with van der Waals surface area (Å²) in [6.45, 7) is 0. The van der Waals surface area contributed by atoms with Crippen LogP contribution in [0.15, 0.2) is 143 Å². The van der Waals surface area contributed by atoms with Crippen molar-refractivity contribution in [2.45, 2.75) is 0 Å². The lowest BCUT2D eigenvalue weighted by atomic mass is 10.1. The van der Waals surface area contributed by atoms with Gasteiger partial charge < -0.3 is 0 Å². The lowest BCUT2D eigenvalue weighted by molar-refractivity contribution is 0.957. The standard InChI is InChI=1S/C34H22N4O2/c39-33-27-15-7-9-17-29(27)35-31(23-11-3-1-4-12-23)37(33)25-19-21-26(22-20-25)38-32(24-13-5-2-6-14-24)36-30-18-10-8-16-28(30)34(38)40/h1-22H. The van der Waals surface area contributed by atoms with E-state index in [0.29, 0.717) is 44.8 Å². The Morgan fingerprint density at radius 2 is 0.750 bits per heavy atom. The molecule has 0 fully saturated rings. The minimum atomic E-state index is -0.160. The molecule has 40 heavy (non-hydrogen) atoms. The Morgan fingerprint density at radius 1 is 0.400 bits per heavy atom. The summed E-state index contributed by atoms with van der Waals surface area (Å²) in [5, 5.41) is 1.07. The quantitative estimate of drug-likeness (QED) is 0.270. The predicted molar refractivity (Wildman–Crippen MR) is 159 cm³/mol. The van der Waals surface area contributed by atoms with E-state index in [4.69, 9.17) is 9.97 Å². The number of aromatic nitrogens is 4. The molecular formula is C34H22N4O2. The lowest BCUT2D eigenvalue weighted by Crippen LogP contribution is -2.23. The van der Waals surface area contributed by atoms with E-state index in [1.807, 2.05) is 121 Å². The van der Waals surface area contributed by atoms with Crippen molar-refractivity contribution < 1.29 is 0 Å². The van der Waals surface area contributed by atoms with Gasteiger partial charge in [0.1, 0.15) is 11.6 Å². The van der Waals surface area contributed by atoms with Crippen molar-refractivity contribution in [3.05, 3.63) is 154 Å². The van der Waals surface area contributed by atoms with E-state index in [-0.39, 0.29) is 11.1 Å². The maximum absolute atomic E-state index is 13.8. The predicted octanol–water partition coefficient (Wildman–Crippen LogP) is 6.42. The van der Waals surface area contributed by atoms with E-state index in [1.165, 1.54) is 0 Å². The van der Waals surface area contributed by atoms with Crippen LogP contribution in [0.4, 0.5) is 0 Å². The van der Waals surface area contributed by atoms with Gasteiger partial charge in [0.05, 0.1) is 33.2 Å². The van der Waals surface area contributed by atoms with Gasteiger partial charge in [0.25, 0.3) is 11.1 Å². The minimum Gasteiger partial charge on any atom is -0.268 e. The third-order valence-corrected chi connectivity index (χ3v) is 6.98. The average Bonchev–Trinajstić information content (AvgIpc) is 3.02. The Kier molecular flexibility index (Phi) is 5.64. The number of nitrogens with zero attached hydrogens (tertiary/aromatic N) is 4. The molecule has 0 amide bonds. The Hall–Kier alpha value is -5.62. The van der Waals surface area contributed by atoms with Crippen molar-refractivity contribution in [2.75, 3.05) is 0 Å². The highest BCUT2D eigenvalue weighted by Crippen LogP contribution is 2.25. The lowest BCUT2D eigenvalue weighted by Gasteiger charge is -2.16. The summed E-state index contributed by atoms with van der Waals surface area (Å²) in [6.07, 6.45) is 0. The zero-order valence-electron chi connectivity index (χ0n) is 21.3. The maximum Gasteiger partial charge on any atom is 0.266 e. The van der Waals surface area contributed by atoms with Gasteiger partial charge in [-0.2, -0.15) is 0 Å². The molecule has 2 aromatic heterocycles. The molecule has 5 aromatic carbocycles. The van der Waals surface area contributed by atoms with Crippen LogP contribution < -0.4 is 11.1 Å². The molecule has 0 aliphatic rings. The van der Waals surface area contributed by atoms with E-state index in [0.717, 1.165) is 11.1 Å². The van der Waals surface area contributed by atoms with Crippen LogP contribution in [0.25, 0.3) is 56.0 Å².